The maximum absolute atomic E-state index is 12.8. The molecule has 1 aromatic heterocycles. The van der Waals surface area contributed by atoms with Crippen LogP contribution in [0.25, 0.3) is 0 Å². The SMILES string of the molecule is O=C(NCc1cccnc1)[C@@H]1CCO[C@@H]2CCN(CC3CCC3)C[C@@H]21. The van der Waals surface area contributed by atoms with Crippen molar-refractivity contribution in [3.05, 3.63) is 30.1 Å². The Hall–Kier alpha value is -1.46. The van der Waals surface area contributed by atoms with Crippen LogP contribution in [0, 0.1) is 17.8 Å². The average molecular weight is 343 g/mol. The summed E-state index contributed by atoms with van der Waals surface area (Å²) in [5.74, 6) is 1.50. The number of nitrogens with one attached hydrogen (secondary N) is 1. The Morgan fingerprint density at radius 3 is 3.00 bits per heavy atom. The van der Waals surface area contributed by atoms with Crippen LogP contribution in [0.2, 0.25) is 0 Å². The van der Waals surface area contributed by atoms with E-state index < -0.39 is 0 Å². The first-order valence-electron chi connectivity index (χ1n) is 9.80. The van der Waals surface area contributed by atoms with E-state index in [9.17, 15) is 4.79 Å². The maximum atomic E-state index is 12.8. The Labute approximate surface area is 150 Å². The zero-order chi connectivity index (χ0) is 17.1. The minimum Gasteiger partial charge on any atom is -0.378 e. The lowest BCUT2D eigenvalue weighted by Crippen LogP contribution is -2.54. The molecule has 1 amide bonds. The summed E-state index contributed by atoms with van der Waals surface area (Å²) in [6.45, 7) is 4.64. The van der Waals surface area contributed by atoms with Gasteiger partial charge in [-0.1, -0.05) is 12.5 Å². The Morgan fingerprint density at radius 2 is 2.24 bits per heavy atom. The minimum atomic E-state index is 0.0830. The van der Waals surface area contributed by atoms with Gasteiger partial charge in [-0.05, 0) is 43.2 Å². The molecular formula is C20H29N3O2. The van der Waals surface area contributed by atoms with Gasteiger partial charge in [0.2, 0.25) is 5.91 Å². The normalized spacial score (nSPS) is 30.3. The first-order valence-corrected chi connectivity index (χ1v) is 9.80. The quantitative estimate of drug-likeness (QED) is 0.891. The Balaban J connectivity index is 1.35. The molecule has 3 heterocycles. The van der Waals surface area contributed by atoms with Crippen LogP contribution < -0.4 is 5.32 Å². The topological polar surface area (TPSA) is 54.5 Å². The third-order valence-electron chi connectivity index (χ3n) is 6.22. The van der Waals surface area contributed by atoms with Crippen molar-refractivity contribution < 1.29 is 9.53 Å². The zero-order valence-electron chi connectivity index (χ0n) is 14.9. The van der Waals surface area contributed by atoms with Gasteiger partial charge >= 0.3 is 0 Å². The molecule has 1 saturated carbocycles. The van der Waals surface area contributed by atoms with E-state index in [1.54, 1.807) is 6.20 Å². The number of piperidine rings is 1. The summed E-state index contributed by atoms with van der Waals surface area (Å²) in [5, 5.41) is 3.13. The lowest BCUT2D eigenvalue weighted by Gasteiger charge is -2.46. The van der Waals surface area contributed by atoms with Gasteiger partial charge in [-0.2, -0.15) is 0 Å². The molecule has 0 unspecified atom stereocenters. The second-order valence-electron chi connectivity index (χ2n) is 7.89. The van der Waals surface area contributed by atoms with Crippen molar-refractivity contribution in [2.45, 2.75) is 44.8 Å². The van der Waals surface area contributed by atoms with Crippen LogP contribution in [-0.2, 0) is 16.1 Å². The molecule has 2 aliphatic heterocycles. The van der Waals surface area contributed by atoms with E-state index in [-0.39, 0.29) is 17.9 Å². The monoisotopic (exact) mass is 343 g/mol. The smallest absolute Gasteiger partial charge is 0.223 e. The molecule has 1 N–H and O–H groups in total. The zero-order valence-corrected chi connectivity index (χ0v) is 14.9. The van der Waals surface area contributed by atoms with Gasteiger partial charge in [0.25, 0.3) is 0 Å². The molecule has 25 heavy (non-hydrogen) atoms. The first-order chi connectivity index (χ1) is 12.3. The number of nitrogens with zero attached hydrogens (tertiary/aromatic N) is 2. The third-order valence-corrected chi connectivity index (χ3v) is 6.22. The summed E-state index contributed by atoms with van der Waals surface area (Å²) >= 11 is 0. The van der Waals surface area contributed by atoms with Crippen LogP contribution in [0.3, 0.4) is 0 Å². The molecule has 4 rings (SSSR count). The summed E-state index contributed by atoms with van der Waals surface area (Å²) in [7, 11) is 0. The van der Waals surface area contributed by atoms with Crippen molar-refractivity contribution in [3.8, 4) is 0 Å². The number of carbonyl (C=O) groups excluding carboxylic acids is 1. The number of fused-ring (bicyclic) bond motifs is 1. The molecule has 1 aliphatic carbocycles. The van der Waals surface area contributed by atoms with Gasteiger partial charge < -0.3 is 15.0 Å². The standard InChI is InChI=1S/C20H29N3O2/c24-20(22-12-16-5-2-8-21-11-16)17-7-10-25-19-6-9-23(14-18(17)19)13-15-3-1-4-15/h2,5,8,11,15,17-19H,1,3-4,6-7,9-10,12-14H2,(H,22,24)/t17-,18-,19-/m1/s1. The van der Waals surface area contributed by atoms with Crippen LogP contribution in [0.15, 0.2) is 24.5 Å². The largest absolute Gasteiger partial charge is 0.378 e. The van der Waals surface area contributed by atoms with E-state index in [1.807, 2.05) is 18.3 Å². The van der Waals surface area contributed by atoms with Gasteiger partial charge in [-0.3, -0.25) is 9.78 Å². The summed E-state index contributed by atoms with van der Waals surface area (Å²) in [4.78, 5) is 19.5. The summed E-state index contributed by atoms with van der Waals surface area (Å²) in [5.41, 5.74) is 1.05. The lowest BCUT2D eigenvalue weighted by atomic mass is 9.78. The Bertz CT molecular complexity index is 576. The molecule has 1 aromatic rings. The highest BCUT2D eigenvalue weighted by molar-refractivity contribution is 5.79. The summed E-state index contributed by atoms with van der Waals surface area (Å²) < 4.78 is 6.00. The van der Waals surface area contributed by atoms with Gasteiger partial charge in [-0.25, -0.2) is 0 Å². The Morgan fingerprint density at radius 1 is 1.32 bits per heavy atom. The van der Waals surface area contributed by atoms with E-state index in [1.165, 1.54) is 25.8 Å². The van der Waals surface area contributed by atoms with Gasteiger partial charge in [0.15, 0.2) is 0 Å². The molecule has 2 saturated heterocycles. The predicted octanol–water partition coefficient (Wildman–Crippen LogP) is 2.22. The number of hydrogen-bond donors (Lipinski definition) is 1. The molecule has 3 aliphatic rings. The molecule has 5 heteroatoms. The van der Waals surface area contributed by atoms with Crippen molar-refractivity contribution in [1.82, 2.24) is 15.2 Å². The highest BCUT2D eigenvalue weighted by Crippen LogP contribution is 2.35. The Kier molecular flexibility index (Phi) is 5.32. The van der Waals surface area contributed by atoms with Gasteiger partial charge in [0, 0.05) is 57.0 Å². The van der Waals surface area contributed by atoms with E-state index in [4.69, 9.17) is 4.74 Å². The number of ether oxygens (including phenoxy) is 1. The van der Waals surface area contributed by atoms with Crippen molar-refractivity contribution in [2.75, 3.05) is 26.2 Å². The van der Waals surface area contributed by atoms with E-state index in [0.717, 1.165) is 44.0 Å². The van der Waals surface area contributed by atoms with Crippen LogP contribution in [0.5, 0.6) is 0 Å². The molecule has 0 bridgehead atoms. The third kappa shape index (κ3) is 4.04. The molecule has 5 nitrogen and oxygen atoms in total. The molecular weight excluding hydrogens is 314 g/mol. The van der Waals surface area contributed by atoms with Crippen LogP contribution in [0.4, 0.5) is 0 Å². The second-order valence-corrected chi connectivity index (χ2v) is 7.89. The number of amides is 1. The van der Waals surface area contributed by atoms with Crippen molar-refractivity contribution in [1.29, 1.82) is 0 Å². The number of hydrogen-bond acceptors (Lipinski definition) is 4. The number of likely N-dealkylation sites (tertiary alicyclic amines) is 1. The van der Waals surface area contributed by atoms with Crippen molar-refractivity contribution >= 4 is 5.91 Å². The fourth-order valence-electron chi connectivity index (χ4n) is 4.54. The molecule has 3 atom stereocenters. The summed E-state index contributed by atoms with van der Waals surface area (Å²) in [6.07, 6.45) is 9.92. The van der Waals surface area contributed by atoms with E-state index in [2.05, 4.69) is 15.2 Å². The highest BCUT2D eigenvalue weighted by Gasteiger charge is 2.42. The fourth-order valence-corrected chi connectivity index (χ4v) is 4.54. The molecule has 0 radical (unpaired) electrons. The van der Waals surface area contributed by atoms with Crippen molar-refractivity contribution in [3.63, 3.8) is 0 Å². The molecule has 0 spiro atoms. The fraction of sp³-hybridized carbons (Fsp3) is 0.700. The van der Waals surface area contributed by atoms with Crippen LogP contribution in [0.1, 0.15) is 37.7 Å². The van der Waals surface area contributed by atoms with Gasteiger partial charge in [-0.15, -0.1) is 0 Å². The van der Waals surface area contributed by atoms with Crippen LogP contribution in [-0.4, -0.2) is 48.1 Å². The summed E-state index contributed by atoms with van der Waals surface area (Å²) in [6, 6.07) is 3.91. The van der Waals surface area contributed by atoms with Crippen molar-refractivity contribution in [2.24, 2.45) is 17.8 Å². The first kappa shape index (κ1) is 17.0. The highest BCUT2D eigenvalue weighted by atomic mass is 16.5. The lowest BCUT2D eigenvalue weighted by molar-refractivity contribution is -0.142. The van der Waals surface area contributed by atoms with Gasteiger partial charge in [0.05, 0.1) is 6.10 Å². The van der Waals surface area contributed by atoms with Crippen LogP contribution >= 0.6 is 0 Å². The minimum absolute atomic E-state index is 0.0830. The van der Waals surface area contributed by atoms with Gasteiger partial charge in [0.1, 0.15) is 0 Å². The number of rotatable bonds is 5. The molecule has 136 valence electrons. The maximum Gasteiger partial charge on any atom is 0.223 e. The molecule has 3 fully saturated rings. The number of carbonyl (C=O) groups is 1. The predicted molar refractivity (Wildman–Crippen MR) is 95.8 cm³/mol. The second kappa shape index (κ2) is 7.83. The average Bonchev–Trinajstić information content (AvgIpc) is 2.63. The number of aromatic nitrogens is 1. The number of pyridine rings is 1. The molecule has 0 aromatic carbocycles. The van der Waals surface area contributed by atoms with E-state index in [0.29, 0.717) is 12.5 Å². The van der Waals surface area contributed by atoms with E-state index >= 15 is 0 Å².